The third kappa shape index (κ3) is 3.49. The second-order valence-electron chi connectivity index (χ2n) is 5.71. The highest BCUT2D eigenvalue weighted by Gasteiger charge is 2.17. The summed E-state index contributed by atoms with van der Waals surface area (Å²) >= 11 is 0. The van der Waals surface area contributed by atoms with Crippen LogP contribution in [-0.4, -0.2) is 24.0 Å². The highest BCUT2D eigenvalue weighted by Crippen LogP contribution is 2.26. The van der Waals surface area contributed by atoms with Gasteiger partial charge < -0.3 is 10.1 Å². The van der Waals surface area contributed by atoms with E-state index in [9.17, 15) is 5.21 Å². The minimum atomic E-state index is 0.486. The molecule has 0 atom stereocenters. The summed E-state index contributed by atoms with van der Waals surface area (Å²) in [7, 11) is 0. The van der Waals surface area contributed by atoms with Gasteiger partial charge >= 0.3 is 0 Å². The first kappa shape index (κ1) is 13.9. The van der Waals surface area contributed by atoms with Crippen molar-refractivity contribution in [2.75, 3.05) is 18.0 Å². The maximum Gasteiger partial charge on any atom is 0.0891 e. The largest absolute Gasteiger partial charge is 0.411 e. The zero-order chi connectivity index (χ0) is 13.7. The third-order valence-electron chi connectivity index (χ3n) is 3.63. The molecule has 1 fully saturated rings. The molecular formula is C16H24N2O. The number of anilines is 1. The van der Waals surface area contributed by atoms with Crippen molar-refractivity contribution in [3.05, 3.63) is 29.8 Å². The standard InChI is InChI=1S/C16H24N2O/c1-13(2)12-15(17-19)14-8-4-5-9-16(14)18-10-6-3-7-11-18/h4-5,8-9,13,19H,3,6-7,10-12H2,1-2H3/b17-15+. The summed E-state index contributed by atoms with van der Waals surface area (Å²) < 4.78 is 0. The van der Waals surface area contributed by atoms with E-state index < -0.39 is 0 Å². The van der Waals surface area contributed by atoms with Crippen LogP contribution in [0.2, 0.25) is 0 Å². The molecule has 1 aromatic carbocycles. The van der Waals surface area contributed by atoms with Crippen molar-refractivity contribution in [1.82, 2.24) is 0 Å². The van der Waals surface area contributed by atoms with Crippen molar-refractivity contribution in [2.45, 2.75) is 39.5 Å². The topological polar surface area (TPSA) is 35.8 Å². The number of benzene rings is 1. The van der Waals surface area contributed by atoms with Crippen LogP contribution < -0.4 is 4.90 Å². The summed E-state index contributed by atoms with van der Waals surface area (Å²) in [4.78, 5) is 2.42. The summed E-state index contributed by atoms with van der Waals surface area (Å²) in [5, 5.41) is 12.9. The molecule has 0 radical (unpaired) electrons. The third-order valence-corrected chi connectivity index (χ3v) is 3.63. The second kappa shape index (κ2) is 6.60. The Balaban J connectivity index is 2.29. The summed E-state index contributed by atoms with van der Waals surface area (Å²) in [6, 6.07) is 8.31. The predicted molar refractivity (Wildman–Crippen MR) is 80.3 cm³/mol. The molecule has 3 heteroatoms. The first-order valence-corrected chi connectivity index (χ1v) is 7.27. The van der Waals surface area contributed by atoms with Gasteiger partial charge in [-0.2, -0.15) is 0 Å². The lowest BCUT2D eigenvalue weighted by Gasteiger charge is -2.30. The maximum atomic E-state index is 9.32. The van der Waals surface area contributed by atoms with Crippen molar-refractivity contribution in [1.29, 1.82) is 0 Å². The number of para-hydroxylation sites is 1. The summed E-state index contributed by atoms with van der Waals surface area (Å²) in [6.45, 7) is 6.51. The van der Waals surface area contributed by atoms with Gasteiger partial charge in [0.25, 0.3) is 0 Å². The Morgan fingerprint density at radius 1 is 1.21 bits per heavy atom. The van der Waals surface area contributed by atoms with Gasteiger partial charge in [0.1, 0.15) is 0 Å². The molecule has 19 heavy (non-hydrogen) atoms. The molecule has 0 amide bonds. The molecule has 3 nitrogen and oxygen atoms in total. The van der Waals surface area contributed by atoms with Gasteiger partial charge in [-0.05, 0) is 37.7 Å². The molecule has 1 heterocycles. The highest BCUT2D eigenvalue weighted by atomic mass is 16.4. The Bertz CT molecular complexity index is 434. The van der Waals surface area contributed by atoms with Crippen molar-refractivity contribution < 1.29 is 5.21 Å². The normalized spacial score (nSPS) is 17.0. The van der Waals surface area contributed by atoms with Crippen molar-refractivity contribution in [3.8, 4) is 0 Å². The zero-order valence-electron chi connectivity index (χ0n) is 12.0. The Hall–Kier alpha value is -1.51. The molecule has 0 saturated carbocycles. The first-order valence-electron chi connectivity index (χ1n) is 7.27. The SMILES string of the molecule is CC(C)C/C(=N\O)c1ccccc1N1CCCCC1. The molecular weight excluding hydrogens is 236 g/mol. The zero-order valence-corrected chi connectivity index (χ0v) is 12.0. The van der Waals surface area contributed by atoms with Crippen LogP contribution in [0, 0.1) is 5.92 Å². The van der Waals surface area contributed by atoms with Crippen LogP contribution in [0.5, 0.6) is 0 Å². The summed E-state index contributed by atoms with van der Waals surface area (Å²) in [5.74, 6) is 0.486. The number of hydrogen-bond donors (Lipinski definition) is 1. The van der Waals surface area contributed by atoms with Gasteiger partial charge in [0.2, 0.25) is 0 Å². The number of piperidine rings is 1. The van der Waals surface area contributed by atoms with Gasteiger partial charge in [-0.25, -0.2) is 0 Å². The molecule has 0 unspecified atom stereocenters. The fraction of sp³-hybridized carbons (Fsp3) is 0.562. The van der Waals surface area contributed by atoms with E-state index in [4.69, 9.17) is 0 Å². The van der Waals surface area contributed by atoms with E-state index in [1.165, 1.54) is 24.9 Å². The molecule has 2 rings (SSSR count). The average molecular weight is 260 g/mol. The molecule has 0 aliphatic carbocycles. The van der Waals surface area contributed by atoms with Crippen molar-refractivity contribution in [3.63, 3.8) is 0 Å². The van der Waals surface area contributed by atoms with Crippen LogP contribution in [-0.2, 0) is 0 Å². The van der Waals surface area contributed by atoms with Crippen LogP contribution in [0.4, 0.5) is 5.69 Å². The lowest BCUT2D eigenvalue weighted by Crippen LogP contribution is -2.30. The molecule has 1 aliphatic rings. The van der Waals surface area contributed by atoms with E-state index in [0.717, 1.165) is 30.8 Å². The minimum absolute atomic E-state index is 0.486. The molecule has 1 aromatic rings. The van der Waals surface area contributed by atoms with E-state index in [0.29, 0.717) is 5.92 Å². The van der Waals surface area contributed by atoms with Crippen molar-refractivity contribution >= 4 is 11.4 Å². The second-order valence-corrected chi connectivity index (χ2v) is 5.71. The van der Waals surface area contributed by atoms with Crippen LogP contribution in [0.15, 0.2) is 29.4 Å². The smallest absolute Gasteiger partial charge is 0.0891 e. The van der Waals surface area contributed by atoms with Crippen molar-refractivity contribution in [2.24, 2.45) is 11.1 Å². The lowest BCUT2D eigenvalue weighted by molar-refractivity contribution is 0.317. The number of rotatable bonds is 4. The summed E-state index contributed by atoms with van der Waals surface area (Å²) in [6.07, 6.45) is 4.64. The van der Waals surface area contributed by atoms with E-state index in [2.05, 4.69) is 42.1 Å². The van der Waals surface area contributed by atoms with E-state index in [1.807, 2.05) is 6.07 Å². The van der Waals surface area contributed by atoms with Crippen LogP contribution in [0.25, 0.3) is 0 Å². The highest BCUT2D eigenvalue weighted by molar-refractivity contribution is 6.05. The lowest BCUT2D eigenvalue weighted by atomic mass is 9.97. The Labute approximate surface area is 115 Å². The Kier molecular flexibility index (Phi) is 4.83. The fourth-order valence-corrected chi connectivity index (χ4v) is 2.72. The van der Waals surface area contributed by atoms with Crippen LogP contribution in [0.1, 0.15) is 45.1 Å². The molecule has 1 N–H and O–H groups in total. The minimum Gasteiger partial charge on any atom is -0.411 e. The van der Waals surface area contributed by atoms with Gasteiger partial charge in [0, 0.05) is 24.3 Å². The van der Waals surface area contributed by atoms with Crippen LogP contribution in [0.3, 0.4) is 0 Å². The number of nitrogens with zero attached hydrogens (tertiary/aromatic N) is 2. The molecule has 0 bridgehead atoms. The van der Waals surface area contributed by atoms with Crippen LogP contribution >= 0.6 is 0 Å². The average Bonchev–Trinajstić information content (AvgIpc) is 2.45. The molecule has 104 valence electrons. The summed E-state index contributed by atoms with van der Waals surface area (Å²) in [5.41, 5.74) is 3.10. The Morgan fingerprint density at radius 2 is 1.89 bits per heavy atom. The quantitative estimate of drug-likeness (QED) is 0.506. The van der Waals surface area contributed by atoms with Gasteiger partial charge in [0.15, 0.2) is 0 Å². The molecule has 1 saturated heterocycles. The van der Waals surface area contributed by atoms with E-state index in [-0.39, 0.29) is 0 Å². The predicted octanol–water partition coefficient (Wildman–Crippen LogP) is 3.90. The Morgan fingerprint density at radius 3 is 2.53 bits per heavy atom. The number of oxime groups is 1. The first-order chi connectivity index (χ1) is 9.22. The van der Waals surface area contributed by atoms with E-state index in [1.54, 1.807) is 0 Å². The van der Waals surface area contributed by atoms with E-state index >= 15 is 0 Å². The van der Waals surface area contributed by atoms with Gasteiger partial charge in [-0.15, -0.1) is 0 Å². The molecule has 0 aromatic heterocycles. The monoisotopic (exact) mass is 260 g/mol. The maximum absolute atomic E-state index is 9.32. The molecule has 1 aliphatic heterocycles. The van der Waals surface area contributed by atoms with Gasteiger partial charge in [-0.3, -0.25) is 0 Å². The molecule has 0 spiro atoms. The fourth-order valence-electron chi connectivity index (χ4n) is 2.72. The van der Waals surface area contributed by atoms with Gasteiger partial charge in [0.05, 0.1) is 5.71 Å². The van der Waals surface area contributed by atoms with Gasteiger partial charge in [-0.1, -0.05) is 37.2 Å². The number of hydrogen-bond acceptors (Lipinski definition) is 3.